The van der Waals surface area contributed by atoms with Gasteiger partial charge in [0, 0.05) is 25.7 Å². The Kier molecular flexibility index (Phi) is 4.36. The van der Waals surface area contributed by atoms with Gasteiger partial charge in [0.1, 0.15) is 0 Å². The average molecular weight is 215 g/mol. The topological polar surface area (TPSA) is 95.7 Å². The van der Waals surface area contributed by atoms with Crippen molar-refractivity contribution in [1.29, 1.82) is 0 Å². The van der Waals surface area contributed by atoms with Crippen LogP contribution in [0, 0.1) is 0 Å². The van der Waals surface area contributed by atoms with Crippen molar-refractivity contribution in [3.05, 3.63) is 0 Å². The van der Waals surface area contributed by atoms with Crippen LogP contribution < -0.4 is 11.1 Å². The summed E-state index contributed by atoms with van der Waals surface area (Å²) in [5, 5.41) is 11.2. The fourth-order valence-corrected chi connectivity index (χ4v) is 1.33. The molecular weight excluding hydrogens is 198 g/mol. The van der Waals surface area contributed by atoms with Gasteiger partial charge in [0.2, 0.25) is 0 Å². The first-order chi connectivity index (χ1) is 7.15. The van der Waals surface area contributed by atoms with Crippen molar-refractivity contribution < 1.29 is 14.7 Å². The van der Waals surface area contributed by atoms with Crippen LogP contribution >= 0.6 is 0 Å². The van der Waals surface area contributed by atoms with E-state index < -0.39 is 5.97 Å². The molecular formula is C9H17N3O3. The molecule has 6 heteroatoms. The second-order valence-corrected chi connectivity index (χ2v) is 3.59. The summed E-state index contributed by atoms with van der Waals surface area (Å²) in [5.74, 6) is -0.882. The fourth-order valence-electron chi connectivity index (χ4n) is 1.33. The Hall–Kier alpha value is -1.30. The van der Waals surface area contributed by atoms with Crippen molar-refractivity contribution in [3.63, 3.8) is 0 Å². The van der Waals surface area contributed by atoms with Crippen LogP contribution in [0.25, 0.3) is 0 Å². The third kappa shape index (κ3) is 4.16. The molecule has 2 amide bonds. The van der Waals surface area contributed by atoms with Gasteiger partial charge in [-0.2, -0.15) is 0 Å². The van der Waals surface area contributed by atoms with Crippen LogP contribution in [0.4, 0.5) is 4.79 Å². The third-order valence-corrected chi connectivity index (χ3v) is 2.24. The molecule has 0 radical (unpaired) electrons. The maximum absolute atomic E-state index is 11.6. The third-order valence-electron chi connectivity index (χ3n) is 2.24. The highest BCUT2D eigenvalue weighted by Crippen LogP contribution is 2.26. The number of nitrogens with two attached hydrogens (primary N) is 1. The van der Waals surface area contributed by atoms with Gasteiger partial charge in [-0.05, 0) is 12.8 Å². The molecule has 1 saturated carbocycles. The van der Waals surface area contributed by atoms with Gasteiger partial charge in [-0.3, -0.25) is 4.79 Å². The molecule has 0 aromatic heterocycles. The summed E-state index contributed by atoms with van der Waals surface area (Å²) in [5.41, 5.74) is 5.26. The molecule has 0 heterocycles. The quantitative estimate of drug-likeness (QED) is 0.561. The van der Waals surface area contributed by atoms with E-state index in [0.29, 0.717) is 13.1 Å². The van der Waals surface area contributed by atoms with E-state index in [1.807, 2.05) is 0 Å². The molecule has 0 bridgehead atoms. The Bertz CT molecular complexity index is 241. The summed E-state index contributed by atoms with van der Waals surface area (Å²) in [7, 11) is 0. The molecule has 0 unspecified atom stereocenters. The predicted molar refractivity (Wildman–Crippen MR) is 54.4 cm³/mol. The summed E-state index contributed by atoms with van der Waals surface area (Å²) in [6.07, 6.45) is 1.93. The molecule has 1 rings (SSSR count). The zero-order chi connectivity index (χ0) is 11.3. The van der Waals surface area contributed by atoms with E-state index in [4.69, 9.17) is 10.8 Å². The van der Waals surface area contributed by atoms with E-state index in [1.54, 1.807) is 4.90 Å². The highest BCUT2D eigenvalue weighted by Gasteiger charge is 2.32. The zero-order valence-electron chi connectivity index (χ0n) is 8.61. The maximum Gasteiger partial charge on any atom is 0.317 e. The van der Waals surface area contributed by atoms with E-state index in [9.17, 15) is 9.59 Å². The highest BCUT2D eigenvalue weighted by molar-refractivity contribution is 5.76. The maximum atomic E-state index is 11.6. The van der Waals surface area contributed by atoms with Gasteiger partial charge in [-0.15, -0.1) is 0 Å². The molecule has 0 aromatic carbocycles. The van der Waals surface area contributed by atoms with Crippen molar-refractivity contribution in [2.75, 3.05) is 19.6 Å². The van der Waals surface area contributed by atoms with Crippen LogP contribution in [-0.2, 0) is 4.79 Å². The first-order valence-electron chi connectivity index (χ1n) is 5.11. The second-order valence-electron chi connectivity index (χ2n) is 3.59. The molecule has 1 aliphatic rings. The van der Waals surface area contributed by atoms with Crippen LogP contribution in [0.3, 0.4) is 0 Å². The van der Waals surface area contributed by atoms with Crippen molar-refractivity contribution in [3.8, 4) is 0 Å². The SMILES string of the molecule is NCCNC(=O)N(CCC(=O)O)C1CC1. The number of hydrogen-bond donors (Lipinski definition) is 3. The molecule has 6 nitrogen and oxygen atoms in total. The van der Waals surface area contributed by atoms with E-state index in [-0.39, 0.29) is 25.0 Å². The van der Waals surface area contributed by atoms with E-state index in [0.717, 1.165) is 12.8 Å². The summed E-state index contributed by atoms with van der Waals surface area (Å²) in [6, 6.07) is 0.0197. The first-order valence-corrected chi connectivity index (χ1v) is 5.11. The molecule has 1 fully saturated rings. The molecule has 15 heavy (non-hydrogen) atoms. The fraction of sp³-hybridized carbons (Fsp3) is 0.778. The number of aliphatic carboxylic acids is 1. The number of nitrogens with zero attached hydrogens (tertiary/aromatic N) is 1. The summed E-state index contributed by atoms with van der Waals surface area (Å²) >= 11 is 0. The Morgan fingerprint density at radius 1 is 1.47 bits per heavy atom. The Morgan fingerprint density at radius 3 is 2.60 bits per heavy atom. The summed E-state index contributed by atoms with van der Waals surface area (Å²) < 4.78 is 0. The minimum absolute atomic E-state index is 0.00740. The van der Waals surface area contributed by atoms with Crippen LogP contribution in [-0.4, -0.2) is 47.7 Å². The number of carbonyl (C=O) groups is 2. The molecule has 4 N–H and O–H groups in total. The van der Waals surface area contributed by atoms with Crippen LogP contribution in [0.5, 0.6) is 0 Å². The van der Waals surface area contributed by atoms with Crippen LogP contribution in [0.1, 0.15) is 19.3 Å². The smallest absolute Gasteiger partial charge is 0.317 e. The van der Waals surface area contributed by atoms with Crippen LogP contribution in [0.15, 0.2) is 0 Å². The average Bonchev–Trinajstić information content (AvgIpc) is 2.98. The van der Waals surface area contributed by atoms with E-state index in [1.165, 1.54) is 0 Å². The lowest BCUT2D eigenvalue weighted by molar-refractivity contribution is -0.137. The number of rotatable bonds is 6. The minimum atomic E-state index is -0.882. The van der Waals surface area contributed by atoms with Crippen molar-refractivity contribution in [1.82, 2.24) is 10.2 Å². The van der Waals surface area contributed by atoms with E-state index >= 15 is 0 Å². The lowest BCUT2D eigenvalue weighted by Gasteiger charge is -2.21. The minimum Gasteiger partial charge on any atom is -0.481 e. The summed E-state index contributed by atoms with van der Waals surface area (Å²) in [6.45, 7) is 1.09. The van der Waals surface area contributed by atoms with Gasteiger partial charge >= 0.3 is 12.0 Å². The standard InChI is InChI=1S/C9H17N3O3/c10-4-5-11-9(15)12(7-1-2-7)6-3-8(13)14/h7H,1-6,10H2,(H,11,15)(H,13,14). The van der Waals surface area contributed by atoms with Gasteiger partial charge in [0.15, 0.2) is 0 Å². The molecule has 0 aromatic rings. The van der Waals surface area contributed by atoms with Crippen molar-refractivity contribution in [2.45, 2.75) is 25.3 Å². The lowest BCUT2D eigenvalue weighted by Crippen LogP contribution is -2.43. The van der Waals surface area contributed by atoms with Crippen molar-refractivity contribution in [2.24, 2.45) is 5.73 Å². The number of amides is 2. The number of carboxylic acid groups (broad SMARTS) is 1. The van der Waals surface area contributed by atoms with Gasteiger partial charge in [-0.1, -0.05) is 0 Å². The number of hydrogen-bond acceptors (Lipinski definition) is 3. The van der Waals surface area contributed by atoms with Crippen LogP contribution in [0.2, 0.25) is 0 Å². The first kappa shape index (κ1) is 11.8. The summed E-state index contributed by atoms with van der Waals surface area (Å²) in [4.78, 5) is 23.6. The number of carbonyl (C=O) groups excluding carboxylic acids is 1. The number of urea groups is 1. The number of carboxylic acids is 1. The predicted octanol–water partition coefficient (Wildman–Crippen LogP) is -0.406. The molecule has 0 spiro atoms. The molecule has 0 atom stereocenters. The van der Waals surface area contributed by atoms with Crippen molar-refractivity contribution >= 4 is 12.0 Å². The molecule has 0 aliphatic heterocycles. The normalized spacial score (nSPS) is 14.7. The highest BCUT2D eigenvalue weighted by atomic mass is 16.4. The molecule has 86 valence electrons. The monoisotopic (exact) mass is 215 g/mol. The second kappa shape index (κ2) is 5.55. The Morgan fingerprint density at radius 2 is 2.13 bits per heavy atom. The molecule has 0 saturated heterocycles. The Balaban J connectivity index is 2.35. The van der Waals surface area contributed by atoms with Gasteiger partial charge in [0.25, 0.3) is 0 Å². The molecule has 1 aliphatic carbocycles. The number of nitrogens with one attached hydrogen (secondary N) is 1. The van der Waals surface area contributed by atoms with Gasteiger partial charge in [0.05, 0.1) is 6.42 Å². The Labute approximate surface area is 88.4 Å². The zero-order valence-corrected chi connectivity index (χ0v) is 8.61. The van der Waals surface area contributed by atoms with E-state index in [2.05, 4.69) is 5.32 Å². The largest absolute Gasteiger partial charge is 0.481 e. The van der Waals surface area contributed by atoms with Gasteiger partial charge < -0.3 is 21.1 Å². The van der Waals surface area contributed by atoms with Gasteiger partial charge in [-0.25, -0.2) is 4.79 Å². The lowest BCUT2D eigenvalue weighted by atomic mass is 10.4.